The van der Waals surface area contributed by atoms with Crippen LogP contribution in [0.25, 0.3) is 0 Å². The lowest BCUT2D eigenvalue weighted by molar-refractivity contribution is 0.0705. The Balaban J connectivity index is 5.03. The van der Waals surface area contributed by atoms with Crippen molar-refractivity contribution in [3.8, 4) is 0 Å². The summed E-state index contributed by atoms with van der Waals surface area (Å²) >= 11 is 5.56. The average Bonchev–Trinajstić information content (AvgIpc) is 2.67. The van der Waals surface area contributed by atoms with Crippen molar-refractivity contribution < 1.29 is 31.4 Å². The third-order valence-corrected chi connectivity index (χ3v) is 20.0. The first-order chi connectivity index (χ1) is 14.7. The van der Waals surface area contributed by atoms with Crippen molar-refractivity contribution in [2.45, 2.75) is 66.5 Å². The molecule has 0 amide bonds. The second-order valence-electron chi connectivity index (χ2n) is 6.96. The second kappa shape index (κ2) is 17.6. The van der Waals surface area contributed by atoms with Gasteiger partial charge in [0.1, 0.15) is 0 Å². The molecule has 31 heavy (non-hydrogen) atoms. The molecule has 0 aliphatic carbocycles. The molecule has 0 aromatic heterocycles. The highest BCUT2D eigenvalue weighted by Crippen LogP contribution is 2.64. The lowest BCUT2D eigenvalue weighted by atomic mass is 10.6. The van der Waals surface area contributed by atoms with Crippen molar-refractivity contribution in [1.29, 1.82) is 0 Å². The third-order valence-electron chi connectivity index (χ3n) is 4.51. The summed E-state index contributed by atoms with van der Waals surface area (Å²) in [6.07, 6.45) is 1.77. The molecule has 12 heteroatoms. The molecule has 0 aromatic carbocycles. The highest BCUT2D eigenvalue weighted by molar-refractivity contribution is 8.77. The summed E-state index contributed by atoms with van der Waals surface area (Å²) < 4.78 is 35.8. The predicted molar refractivity (Wildman–Crippen MR) is 141 cm³/mol. The van der Waals surface area contributed by atoms with E-state index in [0.29, 0.717) is 39.6 Å². The van der Waals surface area contributed by atoms with Crippen LogP contribution in [0.4, 0.5) is 0 Å². The molecule has 0 rings (SSSR count). The van der Waals surface area contributed by atoms with Crippen molar-refractivity contribution >= 4 is 45.4 Å². The van der Waals surface area contributed by atoms with Crippen molar-refractivity contribution in [2.75, 3.05) is 57.8 Å². The van der Waals surface area contributed by atoms with Gasteiger partial charge in [0.25, 0.3) is 0 Å². The van der Waals surface area contributed by atoms with Gasteiger partial charge in [0, 0.05) is 51.7 Å². The molecule has 1 N–H and O–H groups in total. The molecule has 0 spiro atoms. The molecule has 0 aliphatic heterocycles. The first-order valence-electron chi connectivity index (χ1n) is 11.6. The van der Waals surface area contributed by atoms with Gasteiger partial charge in [0.05, 0.1) is 5.47 Å². The molecule has 0 aliphatic rings. The molecule has 0 radical (unpaired) electrons. The van der Waals surface area contributed by atoms with Gasteiger partial charge >= 0.3 is 17.6 Å². The Morgan fingerprint density at radius 2 is 0.903 bits per heavy atom. The Morgan fingerprint density at radius 1 is 0.645 bits per heavy atom. The highest BCUT2D eigenvalue weighted by atomic mass is 32.9. The zero-order valence-corrected chi connectivity index (χ0v) is 25.3. The molecule has 0 bridgehead atoms. The van der Waals surface area contributed by atoms with Gasteiger partial charge in [-0.15, -0.1) is 0 Å². The van der Waals surface area contributed by atoms with Gasteiger partial charge in [0.15, 0.2) is 0 Å². The first kappa shape index (κ1) is 32.2. The van der Waals surface area contributed by atoms with Gasteiger partial charge in [-0.2, -0.15) is 0 Å². The third kappa shape index (κ3) is 13.0. The zero-order chi connectivity index (χ0) is 23.8. The number of hydrogen-bond acceptors (Lipinski definition) is 7. The van der Waals surface area contributed by atoms with Crippen LogP contribution in [-0.2, 0) is 38.4 Å². The molecular weight excluding hydrogens is 491 g/mol. The van der Waals surface area contributed by atoms with Gasteiger partial charge in [-0.05, 0) is 72.6 Å². The summed E-state index contributed by atoms with van der Waals surface area (Å²) in [7, 11) is -5.99. The van der Waals surface area contributed by atoms with E-state index in [1.165, 1.54) is 0 Å². The van der Waals surface area contributed by atoms with Crippen LogP contribution < -0.4 is 0 Å². The van der Waals surface area contributed by atoms with E-state index in [-0.39, 0.29) is 0 Å². The number of rotatable bonds is 21. The van der Waals surface area contributed by atoms with E-state index >= 15 is 0 Å². The van der Waals surface area contributed by atoms with Crippen LogP contribution >= 0.6 is 16.0 Å². The topological polar surface area (TPSA) is 75.6 Å². The van der Waals surface area contributed by atoms with Crippen LogP contribution in [0.3, 0.4) is 0 Å². The van der Waals surface area contributed by atoms with E-state index in [1.54, 1.807) is 0 Å². The Kier molecular flexibility index (Phi) is 18.2. The predicted octanol–water partition coefficient (Wildman–Crippen LogP) is 4.80. The SMILES string of the molecule is CCO[Si](CCC[SH](CCC[Si](OCC)(OCC)OCC)P(C)(O)=S)(OCC)OCC. The largest absolute Gasteiger partial charge is 0.500 e. The fourth-order valence-corrected chi connectivity index (χ4v) is 15.8. The standard InChI is InChI=1S/C19H47O7PS2Si2/c1-8-21-30(22-9-2,23-10-3)18-14-16-29(27(7,20)28)17-15-19-31(24-11-4,25-12-5)26-13-6/h29H,8-19H2,1-7H3,(H,20,28). The summed E-state index contributed by atoms with van der Waals surface area (Å²) in [6, 6.07) is 1.51. The highest BCUT2D eigenvalue weighted by Gasteiger charge is 2.41. The maximum atomic E-state index is 10.7. The maximum absolute atomic E-state index is 10.7. The van der Waals surface area contributed by atoms with Gasteiger partial charge in [-0.25, -0.2) is 10.5 Å². The lowest BCUT2D eigenvalue weighted by Gasteiger charge is -2.32. The van der Waals surface area contributed by atoms with E-state index in [4.69, 9.17) is 38.4 Å². The van der Waals surface area contributed by atoms with Crippen molar-refractivity contribution in [3.05, 3.63) is 0 Å². The van der Waals surface area contributed by atoms with Crippen molar-refractivity contribution in [2.24, 2.45) is 0 Å². The summed E-state index contributed by atoms with van der Waals surface area (Å²) in [4.78, 5) is 10.7. The summed E-state index contributed by atoms with van der Waals surface area (Å²) in [5.74, 6) is 1.79. The van der Waals surface area contributed by atoms with E-state index in [1.807, 2.05) is 48.2 Å². The molecule has 7 nitrogen and oxygen atoms in total. The normalized spacial score (nSPS) is 15.2. The second-order valence-corrected chi connectivity index (χ2v) is 23.0. The van der Waals surface area contributed by atoms with E-state index in [9.17, 15) is 4.89 Å². The Morgan fingerprint density at radius 3 is 1.10 bits per heavy atom. The van der Waals surface area contributed by atoms with Crippen LogP contribution in [0, 0.1) is 0 Å². The molecule has 1 unspecified atom stereocenters. The molecule has 0 aromatic rings. The molecular formula is C19H47O7PS2Si2. The smallest absolute Gasteiger partial charge is 0.374 e. The van der Waals surface area contributed by atoms with Gasteiger partial charge in [0.2, 0.25) is 0 Å². The number of hydrogen-bond donors (Lipinski definition) is 2. The molecule has 190 valence electrons. The van der Waals surface area contributed by atoms with Gasteiger partial charge in [-0.3, -0.25) is 0 Å². The summed E-state index contributed by atoms with van der Waals surface area (Å²) in [5, 5.41) is 0. The Labute approximate surface area is 200 Å². The van der Waals surface area contributed by atoms with E-state index < -0.39 is 33.6 Å². The fraction of sp³-hybridized carbons (Fsp3) is 1.00. The van der Waals surface area contributed by atoms with Crippen LogP contribution in [-0.4, -0.2) is 80.3 Å². The van der Waals surface area contributed by atoms with Crippen LogP contribution in [0.1, 0.15) is 54.4 Å². The first-order valence-corrected chi connectivity index (χ1v) is 21.1. The fourth-order valence-electron chi connectivity index (χ4n) is 3.44. The Bertz CT molecular complexity index is 434. The zero-order valence-electron chi connectivity index (χ0n) is 20.7. The minimum Gasteiger partial charge on any atom is -0.374 e. The van der Waals surface area contributed by atoms with Crippen LogP contribution in [0.5, 0.6) is 0 Å². The summed E-state index contributed by atoms with van der Waals surface area (Å²) in [6.45, 7) is 17.1. The molecule has 0 fully saturated rings. The van der Waals surface area contributed by atoms with E-state index in [2.05, 4.69) is 0 Å². The van der Waals surface area contributed by atoms with Crippen LogP contribution in [0.2, 0.25) is 12.1 Å². The molecule has 0 heterocycles. The molecule has 0 saturated heterocycles. The van der Waals surface area contributed by atoms with Gasteiger partial charge in [-0.1, -0.05) is 11.8 Å². The van der Waals surface area contributed by atoms with Crippen LogP contribution in [0.15, 0.2) is 0 Å². The lowest BCUT2D eigenvalue weighted by Crippen LogP contribution is -2.46. The number of thiol groups is 1. The van der Waals surface area contributed by atoms with E-state index in [0.717, 1.165) is 36.4 Å². The molecule has 1 atom stereocenters. The Hall–Kier alpha value is 1.15. The maximum Gasteiger partial charge on any atom is 0.500 e. The molecule has 0 saturated carbocycles. The minimum atomic E-state index is -2.66. The van der Waals surface area contributed by atoms with Gasteiger partial charge < -0.3 is 31.4 Å². The summed E-state index contributed by atoms with van der Waals surface area (Å²) in [5.41, 5.74) is -2.35. The quantitative estimate of drug-likeness (QED) is 0.123. The monoisotopic (exact) mass is 538 g/mol. The minimum absolute atomic E-state index is 0.575. The van der Waals surface area contributed by atoms with Crippen molar-refractivity contribution in [3.63, 3.8) is 0 Å². The van der Waals surface area contributed by atoms with Crippen molar-refractivity contribution in [1.82, 2.24) is 0 Å². The average molecular weight is 539 g/mol.